The number of aliphatic hydroxyl groups excluding tert-OH is 1. The summed E-state index contributed by atoms with van der Waals surface area (Å²) < 4.78 is 44.0. The van der Waals surface area contributed by atoms with E-state index in [-0.39, 0.29) is 24.4 Å². The van der Waals surface area contributed by atoms with Gasteiger partial charge >= 0.3 is 12.2 Å². The number of urea groups is 1. The number of rotatable bonds is 5. The third-order valence-electron chi connectivity index (χ3n) is 3.52. The van der Waals surface area contributed by atoms with Gasteiger partial charge in [0.1, 0.15) is 5.75 Å². The Labute approximate surface area is 139 Å². The highest BCUT2D eigenvalue weighted by atomic mass is 19.4. The molecule has 0 radical (unpaired) electrons. The van der Waals surface area contributed by atoms with Gasteiger partial charge in [0.15, 0.2) is 0 Å². The molecule has 5 nitrogen and oxygen atoms in total. The number of methoxy groups -OCH3 is 1. The number of carbonyl (C=O) groups is 1. The van der Waals surface area contributed by atoms with Crippen LogP contribution < -0.4 is 15.4 Å². The number of alkyl halides is 3. The summed E-state index contributed by atoms with van der Waals surface area (Å²) >= 11 is 0. The average molecular weight is 348 g/mol. The smallest absolute Gasteiger partial charge is 0.416 e. The van der Waals surface area contributed by atoms with Crippen LogP contribution in [0, 0.1) is 5.41 Å². The molecule has 0 bridgehead atoms. The molecule has 24 heavy (non-hydrogen) atoms. The summed E-state index contributed by atoms with van der Waals surface area (Å²) in [6.45, 7) is 5.14. The van der Waals surface area contributed by atoms with E-state index in [2.05, 4.69) is 10.6 Å². The van der Waals surface area contributed by atoms with Gasteiger partial charge in [-0.2, -0.15) is 13.2 Å². The standard InChI is InChI=1S/C16H23F3N2O3/c1-15(2,3)13(22)9-21-14(23)20-8-10-5-6-11(24-4)7-12(10)16(17,18)19/h5-7,13,22H,8-9H2,1-4H3,(H2,20,21,23). The molecule has 0 saturated carbocycles. The molecule has 0 aliphatic carbocycles. The van der Waals surface area contributed by atoms with Crippen molar-refractivity contribution in [1.29, 1.82) is 0 Å². The molecular weight excluding hydrogens is 325 g/mol. The summed E-state index contributed by atoms with van der Waals surface area (Å²) in [6, 6.07) is 2.89. The fourth-order valence-corrected chi connectivity index (χ4v) is 1.83. The van der Waals surface area contributed by atoms with E-state index in [0.717, 1.165) is 6.07 Å². The van der Waals surface area contributed by atoms with E-state index >= 15 is 0 Å². The highest BCUT2D eigenvalue weighted by molar-refractivity contribution is 5.73. The first kappa shape index (κ1) is 20.1. The quantitative estimate of drug-likeness (QED) is 0.766. The molecule has 0 saturated heterocycles. The van der Waals surface area contributed by atoms with E-state index in [1.54, 1.807) is 0 Å². The summed E-state index contributed by atoms with van der Waals surface area (Å²) in [5, 5.41) is 14.6. The third kappa shape index (κ3) is 5.92. The second-order valence-corrected chi connectivity index (χ2v) is 6.47. The number of aliphatic hydroxyl groups is 1. The van der Waals surface area contributed by atoms with Gasteiger partial charge in [-0.25, -0.2) is 4.79 Å². The van der Waals surface area contributed by atoms with Crippen molar-refractivity contribution < 1.29 is 27.8 Å². The molecule has 2 amide bonds. The van der Waals surface area contributed by atoms with Crippen molar-refractivity contribution in [2.24, 2.45) is 5.41 Å². The lowest BCUT2D eigenvalue weighted by molar-refractivity contribution is -0.138. The fraction of sp³-hybridized carbons (Fsp3) is 0.562. The molecule has 1 aromatic rings. The van der Waals surface area contributed by atoms with E-state index in [1.165, 1.54) is 19.2 Å². The predicted octanol–water partition coefficient (Wildman–Crippen LogP) is 2.92. The first-order valence-corrected chi connectivity index (χ1v) is 7.39. The first-order chi connectivity index (χ1) is 10.9. The largest absolute Gasteiger partial charge is 0.497 e. The van der Waals surface area contributed by atoms with Gasteiger partial charge in [0, 0.05) is 13.1 Å². The minimum absolute atomic E-state index is 0.00404. The zero-order valence-corrected chi connectivity index (χ0v) is 14.1. The highest BCUT2D eigenvalue weighted by Gasteiger charge is 2.33. The van der Waals surface area contributed by atoms with E-state index in [9.17, 15) is 23.1 Å². The fourth-order valence-electron chi connectivity index (χ4n) is 1.83. The zero-order valence-electron chi connectivity index (χ0n) is 14.1. The lowest BCUT2D eigenvalue weighted by Gasteiger charge is -2.26. The SMILES string of the molecule is COc1ccc(CNC(=O)NCC(O)C(C)(C)C)c(C(F)(F)F)c1. The maximum Gasteiger partial charge on any atom is 0.416 e. The molecule has 1 unspecified atom stereocenters. The number of hydrogen-bond donors (Lipinski definition) is 3. The molecule has 3 N–H and O–H groups in total. The molecule has 0 heterocycles. The molecule has 136 valence electrons. The number of benzene rings is 1. The van der Waals surface area contributed by atoms with Crippen molar-refractivity contribution in [3.63, 3.8) is 0 Å². The van der Waals surface area contributed by atoms with Gasteiger partial charge in [-0.3, -0.25) is 0 Å². The number of halogens is 3. The van der Waals surface area contributed by atoms with Gasteiger partial charge in [0.2, 0.25) is 0 Å². The number of amides is 2. The highest BCUT2D eigenvalue weighted by Crippen LogP contribution is 2.34. The molecule has 1 rings (SSSR count). The van der Waals surface area contributed by atoms with Crippen LogP contribution in [0.2, 0.25) is 0 Å². The van der Waals surface area contributed by atoms with Gasteiger partial charge < -0.3 is 20.5 Å². The Morgan fingerprint density at radius 1 is 1.25 bits per heavy atom. The van der Waals surface area contributed by atoms with E-state index in [0.29, 0.717) is 0 Å². The Hall–Kier alpha value is -1.96. The molecule has 1 atom stereocenters. The Kier molecular flexibility index (Phi) is 6.48. The van der Waals surface area contributed by atoms with Gasteiger partial charge in [0.05, 0.1) is 18.8 Å². The van der Waals surface area contributed by atoms with Crippen molar-refractivity contribution in [2.75, 3.05) is 13.7 Å². The summed E-state index contributed by atoms with van der Waals surface area (Å²) in [5.41, 5.74) is -1.35. The number of nitrogens with one attached hydrogen (secondary N) is 2. The number of carbonyl (C=O) groups excluding carboxylic acids is 1. The lowest BCUT2D eigenvalue weighted by Crippen LogP contribution is -2.43. The van der Waals surface area contributed by atoms with Crippen LogP contribution in [0.1, 0.15) is 31.9 Å². The number of hydrogen-bond acceptors (Lipinski definition) is 3. The summed E-state index contributed by atoms with van der Waals surface area (Å²) in [4.78, 5) is 11.7. The van der Waals surface area contributed by atoms with Crippen LogP contribution >= 0.6 is 0 Å². The number of ether oxygens (including phenoxy) is 1. The van der Waals surface area contributed by atoms with Crippen LogP contribution in [0.15, 0.2) is 18.2 Å². The van der Waals surface area contributed by atoms with Crippen molar-refractivity contribution in [3.8, 4) is 5.75 Å². The minimum atomic E-state index is -4.55. The summed E-state index contributed by atoms with van der Waals surface area (Å²) in [5.74, 6) is 0.0869. The second-order valence-electron chi connectivity index (χ2n) is 6.47. The summed E-state index contributed by atoms with van der Waals surface area (Å²) in [6.07, 6.45) is -5.32. The van der Waals surface area contributed by atoms with E-state index in [4.69, 9.17) is 4.74 Å². The molecule has 0 aliphatic heterocycles. The molecule has 0 aromatic heterocycles. The topological polar surface area (TPSA) is 70.6 Å². The van der Waals surface area contributed by atoms with E-state index in [1.807, 2.05) is 20.8 Å². The van der Waals surface area contributed by atoms with Gasteiger partial charge in [0.25, 0.3) is 0 Å². The molecule has 0 spiro atoms. The normalized spacial score (nSPS) is 13.3. The molecule has 1 aromatic carbocycles. The van der Waals surface area contributed by atoms with Crippen LogP contribution in [0.4, 0.5) is 18.0 Å². The Balaban J connectivity index is 2.69. The molecule has 0 fully saturated rings. The lowest BCUT2D eigenvalue weighted by atomic mass is 9.89. The van der Waals surface area contributed by atoms with Gasteiger partial charge in [-0.05, 0) is 23.1 Å². The maximum atomic E-state index is 13.1. The molecule has 0 aliphatic rings. The average Bonchev–Trinajstić information content (AvgIpc) is 2.48. The minimum Gasteiger partial charge on any atom is -0.497 e. The molecule has 8 heteroatoms. The van der Waals surface area contributed by atoms with Crippen LogP contribution in [0.3, 0.4) is 0 Å². The maximum absolute atomic E-state index is 13.1. The summed E-state index contributed by atoms with van der Waals surface area (Å²) in [7, 11) is 1.28. The zero-order chi connectivity index (χ0) is 18.5. The third-order valence-corrected chi connectivity index (χ3v) is 3.52. The van der Waals surface area contributed by atoms with Gasteiger partial charge in [-0.15, -0.1) is 0 Å². The monoisotopic (exact) mass is 348 g/mol. The van der Waals surface area contributed by atoms with E-state index < -0.39 is 29.3 Å². The Morgan fingerprint density at radius 3 is 2.38 bits per heavy atom. The van der Waals surface area contributed by atoms with Crippen LogP contribution in [-0.4, -0.2) is 30.9 Å². The van der Waals surface area contributed by atoms with Crippen molar-refractivity contribution in [2.45, 2.75) is 39.6 Å². The van der Waals surface area contributed by atoms with Crippen molar-refractivity contribution >= 4 is 6.03 Å². The van der Waals surface area contributed by atoms with Crippen LogP contribution in [0.5, 0.6) is 5.75 Å². The molecular formula is C16H23F3N2O3. The van der Waals surface area contributed by atoms with Crippen LogP contribution in [0.25, 0.3) is 0 Å². The second kappa shape index (κ2) is 7.74. The Bertz CT molecular complexity index is 569. The van der Waals surface area contributed by atoms with Crippen molar-refractivity contribution in [3.05, 3.63) is 29.3 Å². The first-order valence-electron chi connectivity index (χ1n) is 7.39. The van der Waals surface area contributed by atoms with Crippen molar-refractivity contribution in [1.82, 2.24) is 10.6 Å². The van der Waals surface area contributed by atoms with Crippen LogP contribution in [-0.2, 0) is 12.7 Å². The Morgan fingerprint density at radius 2 is 1.88 bits per heavy atom. The van der Waals surface area contributed by atoms with Gasteiger partial charge in [-0.1, -0.05) is 26.8 Å². The predicted molar refractivity (Wildman–Crippen MR) is 83.7 cm³/mol.